The fourth-order valence-electron chi connectivity index (χ4n) is 1.85. The van der Waals surface area contributed by atoms with Gasteiger partial charge in [0, 0.05) is 0 Å². The van der Waals surface area contributed by atoms with Crippen molar-refractivity contribution < 1.29 is 9.47 Å². The standard InChI is InChI=1S/C17H22O2/c1-16(2)17(3,4)19-15(18-16)13-9-8-12-14-10-6-5-7-11-14/h5-13,15H,1-4H3/b12-8+,13-9+. The number of allylic oxidation sites excluding steroid dienone is 2. The van der Waals surface area contributed by atoms with Gasteiger partial charge in [-0.3, -0.25) is 0 Å². The van der Waals surface area contributed by atoms with E-state index in [1.165, 1.54) is 5.56 Å². The Morgan fingerprint density at radius 1 is 0.895 bits per heavy atom. The van der Waals surface area contributed by atoms with Crippen molar-refractivity contribution in [2.24, 2.45) is 0 Å². The molecule has 2 heteroatoms. The van der Waals surface area contributed by atoms with Crippen LogP contribution in [0.5, 0.6) is 0 Å². The molecular weight excluding hydrogens is 236 g/mol. The third kappa shape index (κ3) is 3.34. The molecule has 0 aliphatic carbocycles. The molecule has 0 aromatic heterocycles. The zero-order chi connectivity index (χ0) is 13.9. The highest BCUT2D eigenvalue weighted by atomic mass is 16.7. The van der Waals surface area contributed by atoms with Crippen LogP contribution in [0.25, 0.3) is 6.08 Å². The minimum absolute atomic E-state index is 0.273. The van der Waals surface area contributed by atoms with Crippen molar-refractivity contribution in [1.29, 1.82) is 0 Å². The maximum absolute atomic E-state index is 5.87. The number of ether oxygens (including phenoxy) is 2. The van der Waals surface area contributed by atoms with Crippen molar-refractivity contribution in [3.63, 3.8) is 0 Å². The van der Waals surface area contributed by atoms with Gasteiger partial charge in [0.1, 0.15) is 0 Å². The predicted molar refractivity (Wildman–Crippen MR) is 78.7 cm³/mol. The summed E-state index contributed by atoms with van der Waals surface area (Å²) < 4.78 is 11.7. The Labute approximate surface area is 115 Å². The minimum atomic E-state index is -0.273. The highest BCUT2D eigenvalue weighted by Crippen LogP contribution is 2.38. The Bertz CT molecular complexity index is 453. The van der Waals surface area contributed by atoms with E-state index in [0.717, 1.165) is 0 Å². The van der Waals surface area contributed by atoms with E-state index in [2.05, 4.69) is 45.9 Å². The molecule has 2 nitrogen and oxygen atoms in total. The topological polar surface area (TPSA) is 18.5 Å². The molecule has 1 aliphatic heterocycles. The molecule has 19 heavy (non-hydrogen) atoms. The predicted octanol–water partition coefficient (Wildman–Crippen LogP) is 4.19. The minimum Gasteiger partial charge on any atom is -0.340 e. The summed E-state index contributed by atoms with van der Waals surface area (Å²) in [6.07, 6.45) is 7.69. The van der Waals surface area contributed by atoms with Crippen LogP contribution in [-0.2, 0) is 9.47 Å². The lowest BCUT2D eigenvalue weighted by atomic mass is 9.90. The van der Waals surface area contributed by atoms with Crippen LogP contribution in [0.3, 0.4) is 0 Å². The first-order chi connectivity index (χ1) is 8.91. The van der Waals surface area contributed by atoms with Crippen molar-refractivity contribution in [2.45, 2.75) is 45.2 Å². The summed E-state index contributed by atoms with van der Waals surface area (Å²) in [5.41, 5.74) is 0.636. The molecule has 102 valence electrons. The van der Waals surface area contributed by atoms with Gasteiger partial charge in [0.25, 0.3) is 0 Å². The maximum atomic E-state index is 5.87. The monoisotopic (exact) mass is 258 g/mol. The van der Waals surface area contributed by atoms with Gasteiger partial charge in [-0.25, -0.2) is 0 Å². The van der Waals surface area contributed by atoms with Crippen molar-refractivity contribution in [3.05, 3.63) is 54.1 Å². The highest BCUT2D eigenvalue weighted by molar-refractivity contribution is 5.50. The first-order valence-corrected chi connectivity index (χ1v) is 6.66. The lowest BCUT2D eigenvalue weighted by Crippen LogP contribution is -2.41. The Morgan fingerprint density at radius 2 is 1.47 bits per heavy atom. The summed E-state index contributed by atoms with van der Waals surface area (Å²) in [5, 5.41) is 0. The van der Waals surface area contributed by atoms with Crippen molar-refractivity contribution >= 4 is 6.08 Å². The molecule has 1 saturated heterocycles. The van der Waals surface area contributed by atoms with Crippen LogP contribution < -0.4 is 0 Å². The fraction of sp³-hybridized carbons (Fsp3) is 0.412. The van der Waals surface area contributed by atoms with E-state index in [9.17, 15) is 0 Å². The van der Waals surface area contributed by atoms with Gasteiger partial charge in [0.2, 0.25) is 0 Å². The van der Waals surface area contributed by atoms with E-state index in [4.69, 9.17) is 9.47 Å². The number of rotatable bonds is 3. The van der Waals surface area contributed by atoms with Crippen LogP contribution in [0.1, 0.15) is 33.3 Å². The number of hydrogen-bond donors (Lipinski definition) is 0. The van der Waals surface area contributed by atoms with Gasteiger partial charge in [0.15, 0.2) is 6.29 Å². The molecule has 1 fully saturated rings. The third-order valence-corrected chi connectivity index (χ3v) is 3.74. The average molecular weight is 258 g/mol. The van der Waals surface area contributed by atoms with E-state index in [-0.39, 0.29) is 17.5 Å². The molecule has 0 atom stereocenters. The van der Waals surface area contributed by atoms with Crippen LogP contribution in [0, 0.1) is 0 Å². The van der Waals surface area contributed by atoms with Crippen LogP contribution >= 0.6 is 0 Å². The first-order valence-electron chi connectivity index (χ1n) is 6.66. The van der Waals surface area contributed by atoms with Gasteiger partial charge >= 0.3 is 0 Å². The molecule has 0 unspecified atom stereocenters. The molecule has 1 aromatic carbocycles. The normalized spacial score (nSPS) is 22.5. The van der Waals surface area contributed by atoms with E-state index in [1.54, 1.807) is 0 Å². The summed E-state index contributed by atoms with van der Waals surface area (Å²) in [6, 6.07) is 10.2. The molecule has 1 heterocycles. The molecule has 0 radical (unpaired) electrons. The van der Waals surface area contributed by atoms with E-state index in [1.807, 2.05) is 36.4 Å². The Kier molecular flexibility index (Phi) is 3.93. The van der Waals surface area contributed by atoms with Crippen LogP contribution in [0.15, 0.2) is 48.6 Å². The van der Waals surface area contributed by atoms with Crippen molar-refractivity contribution in [3.8, 4) is 0 Å². The van der Waals surface area contributed by atoms with Gasteiger partial charge in [0.05, 0.1) is 11.2 Å². The molecule has 0 bridgehead atoms. The molecule has 1 aromatic rings. The fourth-order valence-corrected chi connectivity index (χ4v) is 1.85. The zero-order valence-corrected chi connectivity index (χ0v) is 12.1. The lowest BCUT2D eigenvalue weighted by molar-refractivity contribution is -0.0505. The second kappa shape index (κ2) is 5.32. The van der Waals surface area contributed by atoms with E-state index >= 15 is 0 Å². The van der Waals surface area contributed by atoms with Gasteiger partial charge in [-0.2, -0.15) is 0 Å². The molecule has 2 rings (SSSR count). The second-order valence-corrected chi connectivity index (χ2v) is 5.78. The summed E-state index contributed by atoms with van der Waals surface area (Å²) in [7, 11) is 0. The summed E-state index contributed by atoms with van der Waals surface area (Å²) in [5.74, 6) is 0. The van der Waals surface area contributed by atoms with Gasteiger partial charge < -0.3 is 9.47 Å². The molecule has 0 saturated carbocycles. The molecular formula is C17H22O2. The summed E-state index contributed by atoms with van der Waals surface area (Å²) in [6.45, 7) is 8.22. The Hall–Kier alpha value is -1.38. The molecule has 0 N–H and O–H groups in total. The molecule has 1 aliphatic rings. The van der Waals surface area contributed by atoms with Gasteiger partial charge in [-0.15, -0.1) is 0 Å². The van der Waals surface area contributed by atoms with Crippen molar-refractivity contribution in [1.82, 2.24) is 0 Å². The Morgan fingerprint density at radius 3 is 2.05 bits per heavy atom. The Balaban J connectivity index is 1.93. The maximum Gasteiger partial charge on any atom is 0.178 e. The summed E-state index contributed by atoms with van der Waals surface area (Å²) in [4.78, 5) is 0. The van der Waals surface area contributed by atoms with Crippen LogP contribution in [0.4, 0.5) is 0 Å². The largest absolute Gasteiger partial charge is 0.340 e. The summed E-state index contributed by atoms with van der Waals surface area (Å²) >= 11 is 0. The average Bonchev–Trinajstić information content (AvgIpc) is 2.55. The van der Waals surface area contributed by atoms with Crippen molar-refractivity contribution in [2.75, 3.05) is 0 Å². The molecule has 0 spiro atoms. The highest BCUT2D eigenvalue weighted by Gasteiger charge is 2.48. The quantitative estimate of drug-likeness (QED) is 0.757. The second-order valence-electron chi connectivity index (χ2n) is 5.78. The zero-order valence-electron chi connectivity index (χ0n) is 12.1. The third-order valence-electron chi connectivity index (χ3n) is 3.74. The van der Waals surface area contributed by atoms with Gasteiger partial charge in [-0.05, 0) is 39.3 Å². The SMILES string of the molecule is CC1(C)OC(/C=C/C=C/c2ccccc2)OC1(C)C. The van der Waals surface area contributed by atoms with Gasteiger partial charge in [-0.1, -0.05) is 48.6 Å². The van der Waals surface area contributed by atoms with Crippen LogP contribution in [-0.4, -0.2) is 17.5 Å². The van der Waals surface area contributed by atoms with E-state index in [0.29, 0.717) is 0 Å². The van der Waals surface area contributed by atoms with Crippen LogP contribution in [0.2, 0.25) is 0 Å². The number of hydrogen-bond acceptors (Lipinski definition) is 2. The number of benzene rings is 1. The smallest absolute Gasteiger partial charge is 0.178 e. The van der Waals surface area contributed by atoms with E-state index < -0.39 is 0 Å². The molecule has 0 amide bonds. The first kappa shape index (κ1) is 14.0. The lowest BCUT2D eigenvalue weighted by Gasteiger charge is -2.30.